The Hall–Kier alpha value is -1.96. The summed E-state index contributed by atoms with van der Waals surface area (Å²) in [6.45, 7) is 6.97. The standard InChI is InChI=1S/C29H37NO3/c1-19(31)24-10-11-25-23-9-8-22-16-29(32,33-18-21-6-4-20(17-30)5-7-21)15-14-27(22,2)26(23)12-13-28(24,25)3/h4-8,23-26,32H,9-16,18H2,1-3H3. The van der Waals surface area contributed by atoms with Gasteiger partial charge in [-0.15, -0.1) is 0 Å². The summed E-state index contributed by atoms with van der Waals surface area (Å²) in [5, 5.41) is 20.3. The number of benzene rings is 1. The summed E-state index contributed by atoms with van der Waals surface area (Å²) < 4.78 is 6.08. The number of Topliss-reactive ketones (excluding diaryl/α,β-unsaturated/α-hetero) is 1. The third kappa shape index (κ3) is 3.69. The van der Waals surface area contributed by atoms with E-state index in [9.17, 15) is 9.90 Å². The number of rotatable bonds is 4. The summed E-state index contributed by atoms with van der Waals surface area (Å²) in [6, 6.07) is 9.51. The van der Waals surface area contributed by atoms with E-state index in [1.807, 2.05) is 12.1 Å². The zero-order valence-corrected chi connectivity index (χ0v) is 20.3. The molecule has 0 saturated heterocycles. The summed E-state index contributed by atoms with van der Waals surface area (Å²) in [7, 11) is 0. The van der Waals surface area contributed by atoms with Crippen LogP contribution in [0.1, 0.15) is 83.3 Å². The summed E-state index contributed by atoms with van der Waals surface area (Å²) in [4.78, 5) is 12.4. The number of hydrogen-bond donors (Lipinski definition) is 1. The van der Waals surface area contributed by atoms with Gasteiger partial charge in [0.1, 0.15) is 5.78 Å². The van der Waals surface area contributed by atoms with Gasteiger partial charge < -0.3 is 9.84 Å². The lowest BCUT2D eigenvalue weighted by Crippen LogP contribution is -2.52. The molecule has 0 heterocycles. The molecule has 1 aromatic carbocycles. The Morgan fingerprint density at radius 2 is 1.88 bits per heavy atom. The first kappa shape index (κ1) is 22.8. The lowest BCUT2D eigenvalue weighted by atomic mass is 9.47. The molecule has 0 amide bonds. The molecule has 0 bridgehead atoms. The van der Waals surface area contributed by atoms with Crippen molar-refractivity contribution in [2.45, 2.75) is 84.5 Å². The average molecular weight is 448 g/mol. The van der Waals surface area contributed by atoms with Crippen molar-refractivity contribution in [2.75, 3.05) is 0 Å². The van der Waals surface area contributed by atoms with Crippen molar-refractivity contribution in [3.63, 3.8) is 0 Å². The van der Waals surface area contributed by atoms with Gasteiger partial charge in [-0.05, 0) is 91.7 Å². The minimum Gasteiger partial charge on any atom is -0.365 e. The predicted octanol–water partition coefficient (Wildman–Crippen LogP) is 5.93. The maximum Gasteiger partial charge on any atom is 0.169 e. The van der Waals surface area contributed by atoms with Crippen molar-refractivity contribution in [3.8, 4) is 6.07 Å². The summed E-state index contributed by atoms with van der Waals surface area (Å²) in [5.41, 5.74) is 3.29. The van der Waals surface area contributed by atoms with E-state index in [0.29, 0.717) is 48.5 Å². The van der Waals surface area contributed by atoms with Crippen molar-refractivity contribution >= 4 is 5.78 Å². The van der Waals surface area contributed by atoms with Crippen molar-refractivity contribution in [1.29, 1.82) is 5.26 Å². The molecule has 1 N–H and O–H groups in total. The number of allylic oxidation sites excluding steroid dienone is 1. The molecular weight excluding hydrogens is 410 g/mol. The first-order valence-corrected chi connectivity index (χ1v) is 12.7. The SMILES string of the molecule is CC(=O)C1CCC2C3CC=C4CC(O)(OCc5ccc(C#N)cc5)CCC4(C)C3CCC12C. The van der Waals surface area contributed by atoms with E-state index in [0.717, 1.165) is 31.2 Å². The van der Waals surface area contributed by atoms with Gasteiger partial charge in [-0.1, -0.05) is 37.6 Å². The van der Waals surface area contributed by atoms with E-state index in [1.54, 1.807) is 19.1 Å². The molecule has 7 atom stereocenters. The first-order chi connectivity index (χ1) is 15.7. The van der Waals surface area contributed by atoms with Gasteiger partial charge in [-0.3, -0.25) is 4.79 Å². The van der Waals surface area contributed by atoms with Crippen LogP contribution in [0.3, 0.4) is 0 Å². The molecule has 176 valence electrons. The fourth-order valence-corrected chi connectivity index (χ4v) is 8.30. The molecule has 1 aromatic rings. The number of fused-ring (bicyclic) bond motifs is 5. The molecule has 5 rings (SSSR count). The van der Waals surface area contributed by atoms with Crippen molar-refractivity contribution in [2.24, 2.45) is 34.5 Å². The third-order valence-corrected chi connectivity index (χ3v) is 10.2. The Bertz CT molecular complexity index is 1010. The Labute approximate surface area is 198 Å². The molecule has 0 aromatic heterocycles. The van der Waals surface area contributed by atoms with Gasteiger partial charge in [0, 0.05) is 18.8 Å². The van der Waals surface area contributed by atoms with Crippen LogP contribution < -0.4 is 0 Å². The normalized spacial score (nSPS) is 41.8. The number of ketones is 1. The fraction of sp³-hybridized carbons (Fsp3) is 0.655. The number of ether oxygens (including phenoxy) is 1. The van der Waals surface area contributed by atoms with Crippen molar-refractivity contribution < 1.29 is 14.6 Å². The smallest absolute Gasteiger partial charge is 0.169 e. The van der Waals surface area contributed by atoms with Gasteiger partial charge >= 0.3 is 0 Å². The second-order valence-electron chi connectivity index (χ2n) is 11.8. The second kappa shape index (κ2) is 8.07. The van der Waals surface area contributed by atoms with Crippen molar-refractivity contribution in [1.82, 2.24) is 0 Å². The highest BCUT2D eigenvalue weighted by atomic mass is 16.6. The van der Waals surface area contributed by atoms with Gasteiger partial charge in [0.25, 0.3) is 0 Å². The molecule has 4 aliphatic carbocycles. The molecule has 0 radical (unpaired) electrons. The minimum atomic E-state index is -1.12. The Morgan fingerprint density at radius 3 is 2.58 bits per heavy atom. The maximum atomic E-state index is 12.4. The number of hydrogen-bond acceptors (Lipinski definition) is 4. The van der Waals surface area contributed by atoms with E-state index in [4.69, 9.17) is 10.00 Å². The maximum absolute atomic E-state index is 12.4. The van der Waals surface area contributed by atoms with Crippen LogP contribution in [0.4, 0.5) is 0 Å². The number of nitrogens with zero attached hydrogens (tertiary/aromatic N) is 1. The minimum absolute atomic E-state index is 0.128. The van der Waals surface area contributed by atoms with Crippen LogP contribution in [-0.2, 0) is 16.1 Å². The second-order valence-corrected chi connectivity index (χ2v) is 11.8. The summed E-state index contributed by atoms with van der Waals surface area (Å²) in [5.74, 6) is 1.46. The molecule has 4 aliphatic rings. The van der Waals surface area contributed by atoms with E-state index in [1.165, 1.54) is 18.4 Å². The molecule has 0 spiro atoms. The molecule has 3 fully saturated rings. The molecule has 33 heavy (non-hydrogen) atoms. The van der Waals surface area contributed by atoms with Crippen LogP contribution in [0.15, 0.2) is 35.9 Å². The third-order valence-electron chi connectivity index (χ3n) is 10.2. The largest absolute Gasteiger partial charge is 0.365 e. The fourth-order valence-electron chi connectivity index (χ4n) is 8.30. The molecule has 0 aliphatic heterocycles. The Balaban J connectivity index is 1.31. The van der Waals surface area contributed by atoms with Crippen LogP contribution in [-0.4, -0.2) is 16.7 Å². The Morgan fingerprint density at radius 1 is 1.12 bits per heavy atom. The predicted molar refractivity (Wildman–Crippen MR) is 127 cm³/mol. The first-order valence-electron chi connectivity index (χ1n) is 12.7. The average Bonchev–Trinajstić information content (AvgIpc) is 3.16. The highest BCUT2D eigenvalue weighted by Crippen LogP contribution is 2.66. The van der Waals surface area contributed by atoms with Crippen LogP contribution in [0.2, 0.25) is 0 Å². The van der Waals surface area contributed by atoms with Crippen LogP contribution in [0.5, 0.6) is 0 Å². The summed E-state index contributed by atoms with van der Waals surface area (Å²) >= 11 is 0. The number of carbonyl (C=O) groups excluding carboxylic acids is 1. The monoisotopic (exact) mass is 447 g/mol. The lowest BCUT2D eigenvalue weighted by Gasteiger charge is -2.58. The molecule has 4 nitrogen and oxygen atoms in total. The number of nitriles is 1. The van der Waals surface area contributed by atoms with Gasteiger partial charge in [-0.25, -0.2) is 0 Å². The quantitative estimate of drug-likeness (QED) is 0.459. The van der Waals surface area contributed by atoms with Crippen molar-refractivity contribution in [3.05, 3.63) is 47.0 Å². The van der Waals surface area contributed by atoms with Crippen LogP contribution >= 0.6 is 0 Å². The molecule has 7 unspecified atom stereocenters. The highest BCUT2D eigenvalue weighted by molar-refractivity contribution is 5.79. The highest BCUT2D eigenvalue weighted by Gasteiger charge is 2.60. The Kier molecular flexibility index (Phi) is 5.58. The molecule has 4 heteroatoms. The van der Waals surface area contributed by atoms with E-state index in [-0.39, 0.29) is 16.7 Å². The van der Waals surface area contributed by atoms with E-state index >= 15 is 0 Å². The van der Waals surface area contributed by atoms with Gasteiger partial charge in [-0.2, -0.15) is 5.26 Å². The lowest BCUT2D eigenvalue weighted by molar-refractivity contribution is -0.231. The molecule has 3 saturated carbocycles. The van der Waals surface area contributed by atoms with Crippen LogP contribution in [0, 0.1) is 45.8 Å². The summed E-state index contributed by atoms with van der Waals surface area (Å²) in [6.07, 6.45) is 10.3. The number of aliphatic hydroxyl groups is 1. The topological polar surface area (TPSA) is 70.3 Å². The van der Waals surface area contributed by atoms with E-state index < -0.39 is 5.79 Å². The number of carbonyl (C=O) groups is 1. The van der Waals surface area contributed by atoms with Gasteiger partial charge in [0.15, 0.2) is 5.79 Å². The molecular formula is C29H37NO3. The zero-order chi connectivity index (χ0) is 23.4. The van der Waals surface area contributed by atoms with Gasteiger partial charge in [0.05, 0.1) is 18.2 Å². The van der Waals surface area contributed by atoms with E-state index in [2.05, 4.69) is 26.0 Å². The van der Waals surface area contributed by atoms with Gasteiger partial charge in [0.2, 0.25) is 0 Å². The van der Waals surface area contributed by atoms with Crippen LogP contribution in [0.25, 0.3) is 0 Å². The zero-order valence-electron chi connectivity index (χ0n) is 20.3.